The predicted octanol–water partition coefficient (Wildman–Crippen LogP) is 5.11. The van der Waals surface area contributed by atoms with Gasteiger partial charge in [-0.1, -0.05) is 32.4 Å². The highest BCUT2D eigenvalue weighted by molar-refractivity contribution is 5.66. The lowest BCUT2D eigenvalue weighted by Gasteiger charge is -2.36. The van der Waals surface area contributed by atoms with Crippen molar-refractivity contribution in [3.63, 3.8) is 0 Å². The van der Waals surface area contributed by atoms with Crippen LogP contribution in [0, 0.1) is 27.4 Å². The monoisotopic (exact) mass is 570 g/mol. The third-order valence-electron chi connectivity index (χ3n) is 7.75. The fourth-order valence-electron chi connectivity index (χ4n) is 5.41. The summed E-state index contributed by atoms with van der Waals surface area (Å²) in [6, 6.07) is 11.7. The van der Waals surface area contributed by atoms with Crippen molar-refractivity contribution in [1.82, 2.24) is 0 Å². The Balaban J connectivity index is 1.97. The van der Waals surface area contributed by atoms with Gasteiger partial charge in [0.2, 0.25) is 5.75 Å². The number of para-hydroxylation sites is 2. The van der Waals surface area contributed by atoms with E-state index in [0.717, 1.165) is 0 Å². The van der Waals surface area contributed by atoms with Gasteiger partial charge in [-0.2, -0.15) is 5.26 Å². The smallest absolute Gasteiger partial charge is 0.303 e. The maximum atomic E-state index is 12.4. The summed E-state index contributed by atoms with van der Waals surface area (Å²) in [5.41, 5.74) is -0.586. The third kappa shape index (κ3) is 6.76. The van der Waals surface area contributed by atoms with Crippen molar-refractivity contribution in [3.05, 3.63) is 52.1 Å². The van der Waals surface area contributed by atoms with E-state index in [1.807, 2.05) is 19.9 Å². The van der Waals surface area contributed by atoms with E-state index in [2.05, 4.69) is 6.07 Å². The quantitative estimate of drug-likeness (QED) is 0.171. The molecular weight excluding hydrogens is 532 g/mol. The Labute approximate surface area is 240 Å². The van der Waals surface area contributed by atoms with Gasteiger partial charge in [-0.15, -0.1) is 0 Å². The molecule has 0 N–H and O–H groups in total. The van der Waals surface area contributed by atoms with Gasteiger partial charge in [0.25, 0.3) is 6.04 Å². The fraction of sp³-hybridized carbons (Fsp3) is 0.533. The van der Waals surface area contributed by atoms with Crippen LogP contribution in [-0.4, -0.2) is 57.1 Å². The Morgan fingerprint density at radius 2 is 1.83 bits per heavy atom. The first-order valence-electron chi connectivity index (χ1n) is 13.5. The van der Waals surface area contributed by atoms with E-state index >= 15 is 0 Å². The number of hydrogen-bond donors (Lipinski definition) is 0. The number of ether oxygens (including phenoxy) is 6. The minimum Gasteiger partial charge on any atom is -0.493 e. The number of esters is 1. The van der Waals surface area contributed by atoms with Crippen LogP contribution in [0.1, 0.15) is 52.0 Å². The van der Waals surface area contributed by atoms with Gasteiger partial charge in [-0.05, 0) is 43.0 Å². The first-order chi connectivity index (χ1) is 19.6. The molecule has 41 heavy (non-hydrogen) atoms. The lowest BCUT2D eigenvalue weighted by Crippen LogP contribution is -2.44. The van der Waals surface area contributed by atoms with E-state index in [1.54, 1.807) is 30.3 Å². The maximum absolute atomic E-state index is 12.4. The lowest BCUT2D eigenvalue weighted by molar-refractivity contribution is -0.536. The lowest BCUT2D eigenvalue weighted by atomic mass is 9.67. The summed E-state index contributed by atoms with van der Waals surface area (Å²) in [5.74, 6) is 1.33. The van der Waals surface area contributed by atoms with Crippen LogP contribution >= 0.6 is 0 Å². The van der Waals surface area contributed by atoms with Crippen molar-refractivity contribution in [2.24, 2.45) is 5.92 Å². The van der Waals surface area contributed by atoms with Crippen LogP contribution in [-0.2, 0) is 14.9 Å². The number of fused-ring (bicyclic) bond motifs is 1. The van der Waals surface area contributed by atoms with Crippen LogP contribution in [0.5, 0.6) is 28.7 Å². The summed E-state index contributed by atoms with van der Waals surface area (Å²) >= 11 is 0. The summed E-state index contributed by atoms with van der Waals surface area (Å²) in [7, 11) is 4.47. The summed E-state index contributed by atoms with van der Waals surface area (Å²) in [5, 5.41) is 23.0. The number of methoxy groups -OCH3 is 3. The summed E-state index contributed by atoms with van der Waals surface area (Å²) in [6.07, 6.45) is -0.968. The molecule has 5 unspecified atom stereocenters. The van der Waals surface area contributed by atoms with Crippen LogP contribution in [0.3, 0.4) is 0 Å². The van der Waals surface area contributed by atoms with E-state index in [-0.39, 0.29) is 31.8 Å². The molecule has 2 aromatic rings. The Kier molecular flexibility index (Phi) is 10.6. The summed E-state index contributed by atoms with van der Waals surface area (Å²) < 4.78 is 34.0. The van der Waals surface area contributed by atoms with Crippen LogP contribution < -0.4 is 23.7 Å². The Morgan fingerprint density at radius 3 is 2.39 bits per heavy atom. The average molecular weight is 571 g/mol. The highest BCUT2D eigenvalue weighted by Gasteiger charge is 2.45. The molecule has 0 spiro atoms. The van der Waals surface area contributed by atoms with Gasteiger partial charge in [0.05, 0.1) is 39.2 Å². The van der Waals surface area contributed by atoms with Gasteiger partial charge in [0.15, 0.2) is 29.1 Å². The molecule has 222 valence electrons. The van der Waals surface area contributed by atoms with Gasteiger partial charge in [-0.3, -0.25) is 14.9 Å². The second kappa shape index (κ2) is 13.9. The molecule has 11 nitrogen and oxygen atoms in total. The first kappa shape index (κ1) is 31.3. The summed E-state index contributed by atoms with van der Waals surface area (Å²) in [6.45, 7) is 5.23. The Hall–Kier alpha value is -4.20. The highest BCUT2D eigenvalue weighted by Crippen LogP contribution is 2.49. The van der Waals surface area contributed by atoms with Crippen LogP contribution in [0.4, 0.5) is 0 Å². The van der Waals surface area contributed by atoms with Crippen molar-refractivity contribution in [2.45, 2.75) is 70.1 Å². The number of benzene rings is 2. The number of carbonyl (C=O) groups is 1. The molecule has 0 amide bonds. The third-order valence-corrected chi connectivity index (χ3v) is 7.75. The van der Waals surface area contributed by atoms with Crippen LogP contribution in [0.25, 0.3) is 0 Å². The molecule has 0 fully saturated rings. The number of hydrogen-bond acceptors (Lipinski definition) is 10. The molecule has 0 aromatic heterocycles. The minimum atomic E-state index is -1.29. The summed E-state index contributed by atoms with van der Waals surface area (Å²) in [4.78, 5) is 24.0. The molecule has 0 saturated heterocycles. The molecule has 1 aliphatic rings. The van der Waals surface area contributed by atoms with Crippen molar-refractivity contribution < 1.29 is 38.1 Å². The zero-order chi connectivity index (χ0) is 30.2. The zero-order valence-corrected chi connectivity index (χ0v) is 24.4. The second-order valence-electron chi connectivity index (χ2n) is 10.0. The van der Waals surface area contributed by atoms with Crippen molar-refractivity contribution in [1.29, 1.82) is 5.26 Å². The van der Waals surface area contributed by atoms with Gasteiger partial charge >= 0.3 is 5.97 Å². The SMILES string of the molecule is CCC(C)C(C#N)(CCC(OC(C)=O)C(CC1COc2ccccc2O1)[N+](=O)[O-])c1ccc(OC)c(OC)c1OC. The number of carbonyl (C=O) groups excluding carboxylic acids is 1. The highest BCUT2D eigenvalue weighted by atomic mass is 16.6. The molecule has 1 heterocycles. The number of rotatable bonds is 14. The van der Waals surface area contributed by atoms with E-state index in [4.69, 9.17) is 28.4 Å². The standard InChI is InChI=1S/C30H38N2O9/c1-7-19(2)30(18-31,22-12-13-27(36-4)29(38-6)28(22)37-5)15-14-24(40-20(3)33)23(32(34)35)16-21-17-39-25-10-8-9-11-26(25)41-21/h8-13,19,21,23-24H,7,14-17H2,1-6H3. The van der Waals surface area contributed by atoms with E-state index in [0.29, 0.717) is 40.7 Å². The normalized spacial score (nSPS) is 17.6. The average Bonchev–Trinajstić information content (AvgIpc) is 2.98. The van der Waals surface area contributed by atoms with Crippen LogP contribution in [0.15, 0.2) is 36.4 Å². The molecule has 11 heteroatoms. The van der Waals surface area contributed by atoms with Gasteiger partial charge < -0.3 is 28.4 Å². The first-order valence-corrected chi connectivity index (χ1v) is 13.5. The van der Waals surface area contributed by atoms with E-state index in [1.165, 1.54) is 28.3 Å². The molecule has 3 rings (SSSR count). The number of nitrogens with zero attached hydrogens (tertiary/aromatic N) is 2. The molecular formula is C30H38N2O9. The zero-order valence-electron chi connectivity index (χ0n) is 24.4. The van der Waals surface area contributed by atoms with Crippen LogP contribution in [0.2, 0.25) is 0 Å². The van der Waals surface area contributed by atoms with Gasteiger partial charge in [-0.25, -0.2) is 0 Å². The predicted molar refractivity (Wildman–Crippen MR) is 149 cm³/mol. The molecule has 1 aliphatic heterocycles. The number of nitro groups is 1. The Morgan fingerprint density at radius 1 is 1.15 bits per heavy atom. The van der Waals surface area contributed by atoms with Crippen molar-refractivity contribution in [3.8, 4) is 34.8 Å². The van der Waals surface area contributed by atoms with Gasteiger partial charge in [0, 0.05) is 17.4 Å². The molecule has 2 aromatic carbocycles. The number of nitriles is 1. The second-order valence-corrected chi connectivity index (χ2v) is 10.0. The maximum Gasteiger partial charge on any atom is 0.303 e. The van der Waals surface area contributed by atoms with Crippen molar-refractivity contribution in [2.75, 3.05) is 27.9 Å². The van der Waals surface area contributed by atoms with Crippen molar-refractivity contribution >= 4 is 5.97 Å². The van der Waals surface area contributed by atoms with E-state index < -0.39 is 34.6 Å². The topological polar surface area (TPSA) is 139 Å². The molecule has 0 saturated carbocycles. The fourth-order valence-corrected chi connectivity index (χ4v) is 5.41. The van der Waals surface area contributed by atoms with E-state index in [9.17, 15) is 20.2 Å². The minimum absolute atomic E-state index is 0.0464. The molecule has 0 radical (unpaired) electrons. The largest absolute Gasteiger partial charge is 0.493 e. The van der Waals surface area contributed by atoms with Gasteiger partial charge in [0.1, 0.15) is 12.7 Å². The molecule has 0 bridgehead atoms. The molecule has 5 atom stereocenters. The molecule has 0 aliphatic carbocycles. The Bertz CT molecular complexity index is 1260.